The van der Waals surface area contributed by atoms with Gasteiger partial charge in [0.2, 0.25) is 5.91 Å². The van der Waals surface area contributed by atoms with E-state index in [1.54, 1.807) is 0 Å². The highest BCUT2D eigenvalue weighted by molar-refractivity contribution is 9.10. The Kier molecular flexibility index (Phi) is 5.37. The van der Waals surface area contributed by atoms with Crippen molar-refractivity contribution in [3.63, 3.8) is 0 Å². The maximum Gasteiger partial charge on any atom is 0.224 e. The molecule has 21 heavy (non-hydrogen) atoms. The van der Waals surface area contributed by atoms with Gasteiger partial charge in [0.25, 0.3) is 0 Å². The maximum atomic E-state index is 13.1. The minimum atomic E-state index is -0.454. The second-order valence-corrected chi connectivity index (χ2v) is 6.04. The first-order chi connectivity index (χ1) is 9.95. The van der Waals surface area contributed by atoms with Crippen molar-refractivity contribution in [2.45, 2.75) is 19.8 Å². The molecular weight excluding hydrogens is 357 g/mol. The van der Waals surface area contributed by atoms with Gasteiger partial charge in [-0.25, -0.2) is 4.39 Å². The summed E-state index contributed by atoms with van der Waals surface area (Å²) >= 11 is 9.12. The molecule has 110 valence electrons. The van der Waals surface area contributed by atoms with Crippen molar-refractivity contribution in [2.24, 2.45) is 0 Å². The standard InChI is InChI=1S/C16H14BrClFNO/c1-10-2-4-11(5-3-10)6-7-15(21)20-16-13(17)8-12(19)9-14(16)18/h2-5,8-9H,6-7H2,1H3,(H,20,21). The first-order valence-electron chi connectivity index (χ1n) is 6.45. The molecule has 0 aromatic heterocycles. The molecule has 0 aliphatic carbocycles. The van der Waals surface area contributed by atoms with Crippen LogP contribution in [0.4, 0.5) is 10.1 Å². The van der Waals surface area contributed by atoms with Crippen molar-refractivity contribution in [2.75, 3.05) is 5.32 Å². The second kappa shape index (κ2) is 7.05. The van der Waals surface area contributed by atoms with Crippen molar-refractivity contribution >= 4 is 39.1 Å². The van der Waals surface area contributed by atoms with Crippen molar-refractivity contribution in [3.8, 4) is 0 Å². The zero-order chi connectivity index (χ0) is 15.4. The summed E-state index contributed by atoms with van der Waals surface area (Å²) in [6.07, 6.45) is 0.978. The molecule has 2 nitrogen and oxygen atoms in total. The number of benzene rings is 2. The Bertz CT molecular complexity index is 635. The van der Waals surface area contributed by atoms with Crippen LogP contribution in [0.25, 0.3) is 0 Å². The van der Waals surface area contributed by atoms with Crippen molar-refractivity contribution in [3.05, 3.63) is 62.8 Å². The lowest BCUT2D eigenvalue weighted by Gasteiger charge is -2.10. The Morgan fingerprint density at radius 2 is 1.95 bits per heavy atom. The molecule has 0 aliphatic heterocycles. The number of hydrogen-bond acceptors (Lipinski definition) is 1. The smallest absolute Gasteiger partial charge is 0.224 e. The molecule has 2 aromatic carbocycles. The van der Waals surface area contributed by atoms with Gasteiger partial charge in [0.05, 0.1) is 10.7 Å². The summed E-state index contributed by atoms with van der Waals surface area (Å²) in [6, 6.07) is 10.5. The summed E-state index contributed by atoms with van der Waals surface area (Å²) in [6.45, 7) is 2.02. The fourth-order valence-electron chi connectivity index (χ4n) is 1.88. The van der Waals surface area contributed by atoms with Crippen molar-refractivity contribution in [1.29, 1.82) is 0 Å². The topological polar surface area (TPSA) is 29.1 Å². The third kappa shape index (κ3) is 4.55. The first-order valence-corrected chi connectivity index (χ1v) is 7.63. The average Bonchev–Trinajstić information content (AvgIpc) is 2.42. The highest BCUT2D eigenvalue weighted by atomic mass is 79.9. The van der Waals surface area contributed by atoms with E-state index in [9.17, 15) is 9.18 Å². The third-order valence-corrected chi connectivity index (χ3v) is 3.96. The molecule has 0 saturated carbocycles. The predicted molar refractivity (Wildman–Crippen MR) is 87.2 cm³/mol. The number of carbonyl (C=O) groups excluding carboxylic acids is 1. The Morgan fingerprint density at radius 1 is 1.29 bits per heavy atom. The Morgan fingerprint density at radius 3 is 2.57 bits per heavy atom. The molecule has 0 atom stereocenters. The average molecular weight is 371 g/mol. The quantitative estimate of drug-likeness (QED) is 0.795. The van der Waals surface area contributed by atoms with Crippen LogP contribution in [0.3, 0.4) is 0 Å². The minimum Gasteiger partial charge on any atom is -0.324 e. The highest BCUT2D eigenvalue weighted by Crippen LogP contribution is 2.31. The van der Waals surface area contributed by atoms with Gasteiger partial charge in [0, 0.05) is 10.9 Å². The number of nitrogens with one attached hydrogen (secondary N) is 1. The van der Waals surface area contributed by atoms with E-state index in [1.165, 1.54) is 17.7 Å². The number of anilines is 1. The SMILES string of the molecule is Cc1ccc(CCC(=O)Nc2c(Cl)cc(F)cc2Br)cc1. The molecule has 0 aliphatic rings. The van der Waals surface area contributed by atoms with Gasteiger partial charge in [-0.05, 0) is 47.0 Å². The summed E-state index contributed by atoms with van der Waals surface area (Å²) in [5.74, 6) is -0.616. The third-order valence-electron chi connectivity index (χ3n) is 3.03. The van der Waals surface area contributed by atoms with Crippen LogP contribution in [0.2, 0.25) is 5.02 Å². The van der Waals surface area contributed by atoms with E-state index in [2.05, 4.69) is 21.2 Å². The van der Waals surface area contributed by atoms with Crippen LogP contribution < -0.4 is 5.32 Å². The van der Waals surface area contributed by atoms with E-state index in [1.807, 2.05) is 31.2 Å². The summed E-state index contributed by atoms with van der Waals surface area (Å²) < 4.78 is 13.5. The maximum absolute atomic E-state index is 13.1. The second-order valence-electron chi connectivity index (χ2n) is 4.78. The molecule has 5 heteroatoms. The number of carbonyl (C=O) groups is 1. The van der Waals surface area contributed by atoms with Gasteiger partial charge in [-0.3, -0.25) is 4.79 Å². The summed E-state index contributed by atoms with van der Waals surface area (Å²) in [4.78, 5) is 12.0. The minimum absolute atomic E-state index is 0.162. The number of aryl methyl sites for hydroxylation is 2. The first kappa shape index (κ1) is 16.0. The number of halogens is 3. The van der Waals surface area contributed by atoms with E-state index in [0.717, 1.165) is 5.56 Å². The highest BCUT2D eigenvalue weighted by Gasteiger charge is 2.11. The zero-order valence-electron chi connectivity index (χ0n) is 11.4. The number of amides is 1. The molecule has 0 fully saturated rings. The van der Waals surface area contributed by atoms with Gasteiger partial charge in [-0.2, -0.15) is 0 Å². The monoisotopic (exact) mass is 369 g/mol. The molecule has 2 aromatic rings. The van der Waals surface area contributed by atoms with E-state index in [0.29, 0.717) is 23.0 Å². The van der Waals surface area contributed by atoms with Gasteiger partial charge in [-0.1, -0.05) is 41.4 Å². The van der Waals surface area contributed by atoms with E-state index in [4.69, 9.17) is 11.6 Å². The largest absolute Gasteiger partial charge is 0.324 e. The molecule has 0 heterocycles. The normalized spacial score (nSPS) is 10.5. The van der Waals surface area contributed by atoms with E-state index in [-0.39, 0.29) is 10.9 Å². The van der Waals surface area contributed by atoms with Gasteiger partial charge >= 0.3 is 0 Å². The molecule has 0 radical (unpaired) electrons. The van der Waals surface area contributed by atoms with Crippen LogP contribution >= 0.6 is 27.5 Å². The predicted octanol–water partition coefficient (Wildman–Crippen LogP) is 5.12. The van der Waals surface area contributed by atoms with Crippen LogP contribution in [-0.4, -0.2) is 5.91 Å². The number of rotatable bonds is 4. The Hall–Kier alpha value is -1.39. The molecular formula is C16H14BrClFNO. The van der Waals surface area contributed by atoms with Crippen LogP contribution in [0.15, 0.2) is 40.9 Å². The molecule has 0 saturated heterocycles. The van der Waals surface area contributed by atoms with Crippen LogP contribution in [-0.2, 0) is 11.2 Å². The molecule has 0 spiro atoms. The number of hydrogen-bond donors (Lipinski definition) is 1. The fraction of sp³-hybridized carbons (Fsp3) is 0.188. The molecule has 1 amide bonds. The lowest BCUT2D eigenvalue weighted by Crippen LogP contribution is -2.13. The summed E-state index contributed by atoms with van der Waals surface area (Å²) in [7, 11) is 0. The molecule has 1 N–H and O–H groups in total. The van der Waals surface area contributed by atoms with E-state index >= 15 is 0 Å². The van der Waals surface area contributed by atoms with Gasteiger partial charge in [-0.15, -0.1) is 0 Å². The lowest BCUT2D eigenvalue weighted by molar-refractivity contribution is -0.116. The Balaban J connectivity index is 1.97. The zero-order valence-corrected chi connectivity index (χ0v) is 13.8. The van der Waals surface area contributed by atoms with Crippen molar-refractivity contribution < 1.29 is 9.18 Å². The Labute approximate surface area is 136 Å². The summed E-state index contributed by atoms with van der Waals surface area (Å²) in [5.41, 5.74) is 2.68. The van der Waals surface area contributed by atoms with Crippen LogP contribution in [0.1, 0.15) is 17.5 Å². The lowest BCUT2D eigenvalue weighted by atomic mass is 10.1. The molecule has 0 unspecified atom stereocenters. The molecule has 0 bridgehead atoms. The van der Waals surface area contributed by atoms with Gasteiger partial charge in [0.15, 0.2) is 0 Å². The van der Waals surface area contributed by atoms with Crippen LogP contribution in [0, 0.1) is 12.7 Å². The van der Waals surface area contributed by atoms with E-state index < -0.39 is 5.82 Å². The molecule has 2 rings (SSSR count). The van der Waals surface area contributed by atoms with Gasteiger partial charge in [0.1, 0.15) is 5.82 Å². The fourth-order valence-corrected chi connectivity index (χ4v) is 2.77. The summed E-state index contributed by atoms with van der Waals surface area (Å²) in [5, 5.41) is 2.87. The van der Waals surface area contributed by atoms with Crippen molar-refractivity contribution in [1.82, 2.24) is 0 Å². The van der Waals surface area contributed by atoms with Gasteiger partial charge < -0.3 is 5.32 Å². The van der Waals surface area contributed by atoms with Crippen LogP contribution in [0.5, 0.6) is 0 Å².